The van der Waals surface area contributed by atoms with Gasteiger partial charge in [0.2, 0.25) is 0 Å². The molecule has 1 aliphatic heterocycles. The molecule has 5 nitrogen and oxygen atoms in total. The van der Waals surface area contributed by atoms with Gasteiger partial charge in [-0.2, -0.15) is 0 Å². The molecular weight excluding hydrogens is 273 g/mol. The molecule has 1 aromatic rings. The zero-order valence-corrected chi connectivity index (χ0v) is 12.6. The summed E-state index contributed by atoms with van der Waals surface area (Å²) < 4.78 is 18.3. The maximum Gasteiger partial charge on any atom is 0.407 e. The van der Waals surface area contributed by atoms with Gasteiger partial charge in [0.1, 0.15) is 11.4 Å². The Hall–Kier alpha value is -1.98. The van der Waals surface area contributed by atoms with Crippen molar-refractivity contribution in [3.63, 3.8) is 0 Å². The maximum atomic E-state index is 13.1. The van der Waals surface area contributed by atoms with Gasteiger partial charge in [0, 0.05) is 13.1 Å². The number of nitrogens with two attached hydrogens (primary N) is 1. The molecule has 1 aliphatic rings. The van der Waals surface area contributed by atoms with E-state index >= 15 is 0 Å². The normalized spacial score (nSPS) is 18.7. The second-order valence-corrected chi connectivity index (χ2v) is 6.28. The topological polar surface area (TPSA) is 67.6 Å². The highest BCUT2D eigenvalue weighted by Gasteiger charge is 2.27. The fourth-order valence-electron chi connectivity index (χ4n) is 2.38. The van der Waals surface area contributed by atoms with E-state index in [0.717, 1.165) is 18.7 Å². The van der Waals surface area contributed by atoms with E-state index in [4.69, 9.17) is 10.5 Å². The zero-order chi connectivity index (χ0) is 15.6. The summed E-state index contributed by atoms with van der Waals surface area (Å²) in [5.74, 6) is -0.348. The lowest BCUT2D eigenvalue weighted by molar-refractivity contribution is 0.0509. The number of nitrogens with one attached hydrogen (secondary N) is 1. The number of hydrogen-bond acceptors (Lipinski definition) is 4. The molecule has 116 valence electrons. The molecule has 0 bridgehead atoms. The molecule has 0 saturated carbocycles. The highest BCUT2D eigenvalue weighted by atomic mass is 19.1. The van der Waals surface area contributed by atoms with Gasteiger partial charge in [0.25, 0.3) is 0 Å². The van der Waals surface area contributed by atoms with E-state index in [-0.39, 0.29) is 11.9 Å². The van der Waals surface area contributed by atoms with Crippen molar-refractivity contribution in [1.82, 2.24) is 5.32 Å². The number of ether oxygens (including phenoxy) is 1. The number of hydrogen-bond donors (Lipinski definition) is 2. The Kier molecular flexibility index (Phi) is 4.25. The molecule has 1 aromatic carbocycles. The fraction of sp³-hybridized carbons (Fsp3) is 0.533. The van der Waals surface area contributed by atoms with Crippen molar-refractivity contribution in [2.45, 2.75) is 38.8 Å². The molecule has 1 atom stereocenters. The van der Waals surface area contributed by atoms with Crippen molar-refractivity contribution in [3.05, 3.63) is 24.0 Å². The predicted molar refractivity (Wildman–Crippen MR) is 80.8 cm³/mol. The van der Waals surface area contributed by atoms with E-state index < -0.39 is 11.7 Å². The van der Waals surface area contributed by atoms with Crippen LogP contribution < -0.4 is 16.0 Å². The minimum atomic E-state index is -0.510. The van der Waals surface area contributed by atoms with Crippen LogP contribution in [-0.2, 0) is 4.74 Å². The third kappa shape index (κ3) is 4.24. The Labute approximate surface area is 124 Å². The van der Waals surface area contributed by atoms with E-state index in [2.05, 4.69) is 5.32 Å². The monoisotopic (exact) mass is 295 g/mol. The Morgan fingerprint density at radius 3 is 2.81 bits per heavy atom. The summed E-state index contributed by atoms with van der Waals surface area (Å²) in [6.07, 6.45) is 0.386. The molecule has 1 heterocycles. The number of nitrogen functional groups attached to an aromatic ring is 1. The Bertz CT molecular complexity index is 528. The van der Waals surface area contributed by atoms with Crippen LogP contribution in [0.15, 0.2) is 18.2 Å². The molecular formula is C15H22FN3O2. The van der Waals surface area contributed by atoms with Crippen molar-refractivity contribution in [2.75, 3.05) is 23.7 Å². The Morgan fingerprint density at radius 1 is 1.48 bits per heavy atom. The van der Waals surface area contributed by atoms with Gasteiger partial charge in [-0.25, -0.2) is 9.18 Å². The molecule has 0 spiro atoms. The average Bonchev–Trinajstić information content (AvgIpc) is 2.74. The van der Waals surface area contributed by atoms with Crippen LogP contribution >= 0.6 is 0 Å². The summed E-state index contributed by atoms with van der Waals surface area (Å²) in [4.78, 5) is 13.8. The van der Waals surface area contributed by atoms with Crippen LogP contribution in [0, 0.1) is 5.82 Å². The smallest absolute Gasteiger partial charge is 0.407 e. The first kappa shape index (κ1) is 15.4. The minimum Gasteiger partial charge on any atom is -0.444 e. The van der Waals surface area contributed by atoms with Gasteiger partial charge >= 0.3 is 6.09 Å². The van der Waals surface area contributed by atoms with Gasteiger partial charge in [-0.05, 0) is 45.4 Å². The average molecular weight is 295 g/mol. The third-order valence-electron chi connectivity index (χ3n) is 3.24. The number of benzene rings is 1. The minimum absolute atomic E-state index is 0.00398. The Balaban J connectivity index is 1.93. The lowest BCUT2D eigenvalue weighted by atomic mass is 10.2. The zero-order valence-electron chi connectivity index (χ0n) is 12.6. The highest BCUT2D eigenvalue weighted by Crippen LogP contribution is 2.27. The van der Waals surface area contributed by atoms with E-state index in [1.54, 1.807) is 6.07 Å². The molecule has 6 heteroatoms. The number of carbonyl (C=O) groups is 1. The van der Waals surface area contributed by atoms with Crippen molar-refractivity contribution in [3.8, 4) is 0 Å². The largest absolute Gasteiger partial charge is 0.444 e. The van der Waals surface area contributed by atoms with Gasteiger partial charge in [-0.15, -0.1) is 0 Å². The fourth-order valence-corrected chi connectivity index (χ4v) is 2.38. The number of rotatable bonds is 2. The standard InChI is InChI=1S/C15H22FN3O2/c1-15(2,3)21-14(20)18-11-6-7-19(9-11)13-5-4-10(16)8-12(13)17/h4-5,8,11H,6-7,9,17H2,1-3H3,(H,18,20). The van der Waals surface area contributed by atoms with Crippen LogP contribution in [-0.4, -0.2) is 30.8 Å². The molecule has 0 radical (unpaired) electrons. The quantitative estimate of drug-likeness (QED) is 0.823. The van der Waals surface area contributed by atoms with Crippen molar-refractivity contribution in [1.29, 1.82) is 0 Å². The first-order chi connectivity index (χ1) is 9.74. The summed E-state index contributed by atoms with van der Waals surface area (Å²) in [5, 5.41) is 2.85. The van der Waals surface area contributed by atoms with Gasteiger partial charge < -0.3 is 20.7 Å². The predicted octanol–water partition coefficient (Wildman–Crippen LogP) is 2.51. The number of anilines is 2. The number of halogens is 1. The molecule has 2 rings (SSSR count). The SMILES string of the molecule is CC(C)(C)OC(=O)NC1CCN(c2ccc(F)cc2N)C1. The van der Waals surface area contributed by atoms with Gasteiger partial charge in [-0.1, -0.05) is 0 Å². The molecule has 1 amide bonds. The number of alkyl carbamates (subject to hydrolysis) is 1. The number of amides is 1. The summed E-state index contributed by atoms with van der Waals surface area (Å²) >= 11 is 0. The molecule has 1 fully saturated rings. The van der Waals surface area contributed by atoms with Crippen LogP contribution in [0.1, 0.15) is 27.2 Å². The van der Waals surface area contributed by atoms with Gasteiger partial charge in [0.15, 0.2) is 0 Å². The molecule has 1 unspecified atom stereocenters. The van der Waals surface area contributed by atoms with Crippen LogP contribution in [0.3, 0.4) is 0 Å². The molecule has 0 aliphatic carbocycles. The van der Waals surface area contributed by atoms with Crippen LogP contribution in [0.2, 0.25) is 0 Å². The number of carbonyl (C=O) groups excluding carboxylic acids is 1. The summed E-state index contributed by atoms with van der Waals surface area (Å²) in [5.41, 5.74) is 6.53. The first-order valence-corrected chi connectivity index (χ1v) is 7.04. The number of nitrogens with zero attached hydrogens (tertiary/aromatic N) is 1. The summed E-state index contributed by atoms with van der Waals surface area (Å²) in [7, 11) is 0. The van der Waals surface area contributed by atoms with Crippen molar-refractivity contribution < 1.29 is 13.9 Å². The first-order valence-electron chi connectivity index (χ1n) is 7.04. The van der Waals surface area contributed by atoms with E-state index in [0.29, 0.717) is 12.2 Å². The lowest BCUT2D eigenvalue weighted by Crippen LogP contribution is -2.40. The maximum absolute atomic E-state index is 13.1. The lowest BCUT2D eigenvalue weighted by Gasteiger charge is -2.23. The Morgan fingerprint density at radius 2 is 2.19 bits per heavy atom. The highest BCUT2D eigenvalue weighted by molar-refractivity contribution is 5.70. The molecule has 0 aromatic heterocycles. The second-order valence-electron chi connectivity index (χ2n) is 6.28. The summed E-state index contributed by atoms with van der Waals surface area (Å²) in [6, 6.07) is 4.37. The second kappa shape index (κ2) is 5.79. The third-order valence-corrected chi connectivity index (χ3v) is 3.24. The van der Waals surface area contributed by atoms with Gasteiger partial charge in [0.05, 0.1) is 17.4 Å². The van der Waals surface area contributed by atoms with E-state index in [1.165, 1.54) is 12.1 Å². The van der Waals surface area contributed by atoms with Crippen molar-refractivity contribution in [2.24, 2.45) is 0 Å². The van der Waals surface area contributed by atoms with E-state index in [9.17, 15) is 9.18 Å². The van der Waals surface area contributed by atoms with E-state index in [1.807, 2.05) is 25.7 Å². The van der Waals surface area contributed by atoms with Gasteiger partial charge in [-0.3, -0.25) is 0 Å². The molecule has 3 N–H and O–H groups in total. The van der Waals surface area contributed by atoms with Crippen LogP contribution in [0.4, 0.5) is 20.6 Å². The molecule has 1 saturated heterocycles. The summed E-state index contributed by atoms with van der Waals surface area (Å²) in [6.45, 7) is 6.87. The van der Waals surface area contributed by atoms with Crippen LogP contribution in [0.5, 0.6) is 0 Å². The van der Waals surface area contributed by atoms with Crippen molar-refractivity contribution >= 4 is 17.5 Å². The molecule has 21 heavy (non-hydrogen) atoms. The van der Waals surface area contributed by atoms with Crippen LogP contribution in [0.25, 0.3) is 0 Å².